The average Bonchev–Trinajstić information content (AvgIpc) is 3.02. The van der Waals surface area contributed by atoms with E-state index < -0.39 is 5.79 Å². The predicted octanol–water partition coefficient (Wildman–Crippen LogP) is 1.73. The Kier molecular flexibility index (Phi) is 5.00. The Balaban J connectivity index is 1.85. The van der Waals surface area contributed by atoms with Gasteiger partial charge in [-0.1, -0.05) is 6.92 Å². The lowest BCUT2D eigenvalue weighted by Crippen LogP contribution is -2.35. The summed E-state index contributed by atoms with van der Waals surface area (Å²) in [5.41, 5.74) is 1.47. The third kappa shape index (κ3) is 4.04. The normalized spacial score (nSPS) is 18.7. The number of carbonyl (C=O) groups is 1. The molecule has 1 atom stereocenters. The highest BCUT2D eigenvalue weighted by molar-refractivity contribution is 5.92. The van der Waals surface area contributed by atoms with Crippen LogP contribution in [0.4, 0.5) is 0 Å². The van der Waals surface area contributed by atoms with Gasteiger partial charge in [-0.25, -0.2) is 0 Å². The molecule has 118 valence electrons. The van der Waals surface area contributed by atoms with Gasteiger partial charge >= 0.3 is 0 Å². The topological polar surface area (TPSA) is 65.4 Å². The fraction of sp³-hybridized carbons (Fsp3) is 0.733. The molecule has 0 radical (unpaired) electrons. The molecular formula is C15H25N3O3. The summed E-state index contributed by atoms with van der Waals surface area (Å²) < 4.78 is 12.9. The third-order valence-electron chi connectivity index (χ3n) is 3.66. The van der Waals surface area contributed by atoms with Crippen LogP contribution in [0.1, 0.15) is 43.4 Å². The second kappa shape index (κ2) is 6.58. The van der Waals surface area contributed by atoms with Crippen molar-refractivity contribution in [2.75, 3.05) is 19.8 Å². The Morgan fingerprint density at radius 1 is 1.52 bits per heavy atom. The Morgan fingerprint density at radius 2 is 2.19 bits per heavy atom. The van der Waals surface area contributed by atoms with Crippen molar-refractivity contribution < 1.29 is 14.3 Å². The van der Waals surface area contributed by atoms with E-state index in [0.717, 1.165) is 12.1 Å². The first-order chi connectivity index (χ1) is 9.93. The molecule has 2 heterocycles. The van der Waals surface area contributed by atoms with E-state index in [2.05, 4.69) is 17.3 Å². The number of rotatable bonds is 6. The number of aromatic nitrogens is 2. The van der Waals surface area contributed by atoms with Gasteiger partial charge in [0.15, 0.2) is 5.79 Å². The number of hydrogen-bond donors (Lipinski definition) is 1. The van der Waals surface area contributed by atoms with Crippen LogP contribution in [-0.4, -0.2) is 41.2 Å². The molecule has 0 aromatic carbocycles. The second-order valence-corrected chi connectivity index (χ2v) is 5.84. The number of amides is 1. The monoisotopic (exact) mass is 295 g/mol. The van der Waals surface area contributed by atoms with Crippen molar-refractivity contribution in [1.82, 2.24) is 15.1 Å². The molecule has 1 fully saturated rings. The molecule has 1 amide bonds. The molecule has 1 aliphatic rings. The SMILES string of the molecule is CCn1nc(C)cc1C(=O)NC[C@@H](C)CC1(C)OCCO1. The van der Waals surface area contributed by atoms with Gasteiger partial charge in [-0.2, -0.15) is 5.10 Å². The molecule has 2 rings (SSSR count). The van der Waals surface area contributed by atoms with E-state index in [4.69, 9.17) is 9.47 Å². The molecule has 0 bridgehead atoms. The van der Waals surface area contributed by atoms with Crippen molar-refractivity contribution in [3.05, 3.63) is 17.5 Å². The van der Waals surface area contributed by atoms with E-state index in [0.29, 0.717) is 32.0 Å². The fourth-order valence-electron chi connectivity index (χ4n) is 2.71. The van der Waals surface area contributed by atoms with Crippen molar-refractivity contribution >= 4 is 5.91 Å². The zero-order valence-electron chi connectivity index (χ0n) is 13.3. The maximum Gasteiger partial charge on any atom is 0.269 e. The summed E-state index contributed by atoms with van der Waals surface area (Å²) >= 11 is 0. The lowest BCUT2D eigenvalue weighted by molar-refractivity contribution is -0.153. The van der Waals surface area contributed by atoms with E-state index in [1.165, 1.54) is 0 Å². The van der Waals surface area contributed by atoms with Gasteiger partial charge in [-0.3, -0.25) is 9.48 Å². The molecule has 0 unspecified atom stereocenters. The summed E-state index contributed by atoms with van der Waals surface area (Å²) in [6.07, 6.45) is 0.763. The minimum Gasteiger partial charge on any atom is -0.350 e. The van der Waals surface area contributed by atoms with Gasteiger partial charge in [0.1, 0.15) is 5.69 Å². The van der Waals surface area contributed by atoms with Gasteiger partial charge in [0, 0.05) is 19.5 Å². The number of ether oxygens (including phenoxy) is 2. The van der Waals surface area contributed by atoms with Crippen molar-refractivity contribution in [1.29, 1.82) is 0 Å². The third-order valence-corrected chi connectivity index (χ3v) is 3.66. The van der Waals surface area contributed by atoms with Gasteiger partial charge in [0.25, 0.3) is 5.91 Å². The minimum absolute atomic E-state index is 0.0808. The van der Waals surface area contributed by atoms with Gasteiger partial charge in [0.05, 0.1) is 18.9 Å². The standard InChI is InChI=1S/C15H25N3O3/c1-5-18-13(8-12(3)17-18)14(19)16-10-11(2)9-15(4)20-6-7-21-15/h8,11H,5-7,9-10H2,1-4H3,(H,16,19)/t11-/m0/s1. The maximum absolute atomic E-state index is 12.2. The first-order valence-electron chi connectivity index (χ1n) is 7.54. The van der Waals surface area contributed by atoms with Crippen LogP contribution < -0.4 is 5.32 Å². The molecule has 1 N–H and O–H groups in total. The second-order valence-electron chi connectivity index (χ2n) is 5.84. The summed E-state index contributed by atoms with van der Waals surface area (Å²) in [6.45, 7) is 10.5. The number of carbonyl (C=O) groups excluding carboxylic acids is 1. The smallest absolute Gasteiger partial charge is 0.269 e. The average molecular weight is 295 g/mol. The van der Waals surface area contributed by atoms with E-state index in [-0.39, 0.29) is 11.8 Å². The first-order valence-corrected chi connectivity index (χ1v) is 7.54. The summed E-state index contributed by atoms with van der Waals surface area (Å²) in [4.78, 5) is 12.2. The Labute approximate surface area is 125 Å². The summed E-state index contributed by atoms with van der Waals surface area (Å²) in [5, 5.41) is 7.25. The molecule has 0 spiro atoms. The first kappa shape index (κ1) is 16.0. The Hall–Kier alpha value is -1.40. The maximum atomic E-state index is 12.2. The molecule has 1 aromatic rings. The van der Waals surface area contributed by atoms with Crippen LogP contribution in [0.2, 0.25) is 0 Å². The van der Waals surface area contributed by atoms with Crippen LogP contribution in [0, 0.1) is 12.8 Å². The largest absolute Gasteiger partial charge is 0.350 e. The van der Waals surface area contributed by atoms with Crippen LogP contribution in [-0.2, 0) is 16.0 Å². The van der Waals surface area contributed by atoms with Gasteiger partial charge in [0.2, 0.25) is 0 Å². The lowest BCUT2D eigenvalue weighted by Gasteiger charge is -2.26. The molecule has 1 aromatic heterocycles. The van der Waals surface area contributed by atoms with E-state index in [1.54, 1.807) is 4.68 Å². The van der Waals surface area contributed by atoms with Gasteiger partial charge in [-0.15, -0.1) is 0 Å². The van der Waals surface area contributed by atoms with Crippen molar-refractivity contribution in [2.24, 2.45) is 5.92 Å². The van der Waals surface area contributed by atoms with Crippen LogP contribution in [0.3, 0.4) is 0 Å². The fourth-order valence-corrected chi connectivity index (χ4v) is 2.71. The van der Waals surface area contributed by atoms with Crippen molar-refractivity contribution in [3.8, 4) is 0 Å². The quantitative estimate of drug-likeness (QED) is 0.868. The molecule has 0 saturated carbocycles. The zero-order valence-corrected chi connectivity index (χ0v) is 13.3. The Morgan fingerprint density at radius 3 is 2.81 bits per heavy atom. The van der Waals surface area contributed by atoms with Gasteiger partial charge in [-0.05, 0) is 32.8 Å². The van der Waals surface area contributed by atoms with Crippen LogP contribution in [0.25, 0.3) is 0 Å². The molecule has 6 nitrogen and oxygen atoms in total. The number of nitrogens with zero attached hydrogens (tertiary/aromatic N) is 2. The summed E-state index contributed by atoms with van der Waals surface area (Å²) in [5.74, 6) is -0.315. The van der Waals surface area contributed by atoms with E-state index >= 15 is 0 Å². The Bertz CT molecular complexity index is 492. The highest BCUT2D eigenvalue weighted by atomic mass is 16.7. The summed E-state index contributed by atoms with van der Waals surface area (Å²) in [7, 11) is 0. The molecule has 1 aliphatic heterocycles. The molecule has 21 heavy (non-hydrogen) atoms. The number of nitrogens with one attached hydrogen (secondary N) is 1. The molecule has 6 heteroatoms. The molecular weight excluding hydrogens is 270 g/mol. The van der Waals surface area contributed by atoms with Crippen LogP contribution in [0.15, 0.2) is 6.07 Å². The van der Waals surface area contributed by atoms with Crippen LogP contribution in [0.5, 0.6) is 0 Å². The van der Waals surface area contributed by atoms with E-state index in [9.17, 15) is 4.79 Å². The van der Waals surface area contributed by atoms with Crippen molar-refractivity contribution in [2.45, 2.75) is 46.4 Å². The lowest BCUT2D eigenvalue weighted by atomic mass is 10.0. The number of hydrogen-bond acceptors (Lipinski definition) is 4. The van der Waals surface area contributed by atoms with Gasteiger partial charge < -0.3 is 14.8 Å². The zero-order chi connectivity index (χ0) is 15.5. The van der Waals surface area contributed by atoms with E-state index in [1.807, 2.05) is 26.8 Å². The minimum atomic E-state index is -0.508. The van der Waals surface area contributed by atoms with Crippen molar-refractivity contribution in [3.63, 3.8) is 0 Å². The van der Waals surface area contributed by atoms with Crippen LogP contribution >= 0.6 is 0 Å². The molecule has 1 saturated heterocycles. The highest BCUT2D eigenvalue weighted by Crippen LogP contribution is 2.26. The summed E-state index contributed by atoms with van der Waals surface area (Å²) in [6, 6.07) is 1.81. The predicted molar refractivity (Wildman–Crippen MR) is 79.1 cm³/mol. The highest BCUT2D eigenvalue weighted by Gasteiger charge is 2.32. The number of aryl methyl sites for hydroxylation is 2. The molecule has 0 aliphatic carbocycles.